The van der Waals surface area contributed by atoms with Gasteiger partial charge in [0.15, 0.2) is 0 Å². The minimum atomic E-state index is 0.215. The summed E-state index contributed by atoms with van der Waals surface area (Å²) in [5.74, 6) is 0. The van der Waals surface area contributed by atoms with Crippen molar-refractivity contribution in [2.45, 2.75) is 44.4 Å². The number of aromatic amines is 1. The zero-order chi connectivity index (χ0) is 9.80. The van der Waals surface area contributed by atoms with Gasteiger partial charge in [-0.25, -0.2) is 4.98 Å². The van der Waals surface area contributed by atoms with Crippen molar-refractivity contribution in [3.8, 4) is 0 Å². The second-order valence-corrected chi connectivity index (χ2v) is 3.87. The van der Waals surface area contributed by atoms with Crippen LogP contribution in [0.1, 0.15) is 31.4 Å². The van der Waals surface area contributed by atoms with E-state index in [1.54, 1.807) is 12.5 Å². The molecule has 1 aromatic heterocycles. The smallest absolute Gasteiger partial charge is 0.0922 e. The molecular formula is C10H17N3O. The number of imidazole rings is 1. The highest BCUT2D eigenvalue weighted by molar-refractivity contribution is 4.92. The van der Waals surface area contributed by atoms with E-state index < -0.39 is 0 Å². The van der Waals surface area contributed by atoms with Gasteiger partial charge in [0.05, 0.1) is 30.9 Å². The van der Waals surface area contributed by atoms with Crippen molar-refractivity contribution in [2.24, 2.45) is 5.73 Å². The molecule has 0 amide bonds. The molecule has 1 saturated carbocycles. The van der Waals surface area contributed by atoms with Gasteiger partial charge in [0.2, 0.25) is 0 Å². The zero-order valence-electron chi connectivity index (χ0n) is 8.28. The average molecular weight is 195 g/mol. The monoisotopic (exact) mass is 195 g/mol. The lowest BCUT2D eigenvalue weighted by Gasteiger charge is -2.28. The summed E-state index contributed by atoms with van der Waals surface area (Å²) >= 11 is 0. The summed E-state index contributed by atoms with van der Waals surface area (Å²) in [6.07, 6.45) is 8.34. The van der Waals surface area contributed by atoms with Crippen LogP contribution in [0.15, 0.2) is 12.5 Å². The molecule has 2 rings (SSSR count). The van der Waals surface area contributed by atoms with Crippen molar-refractivity contribution in [3.63, 3.8) is 0 Å². The van der Waals surface area contributed by atoms with Gasteiger partial charge in [-0.15, -0.1) is 0 Å². The van der Waals surface area contributed by atoms with Crippen molar-refractivity contribution in [2.75, 3.05) is 0 Å². The normalized spacial score (nSPS) is 27.8. The molecule has 2 atom stereocenters. The van der Waals surface area contributed by atoms with E-state index in [0.717, 1.165) is 18.5 Å². The first kappa shape index (κ1) is 9.68. The van der Waals surface area contributed by atoms with Gasteiger partial charge >= 0.3 is 0 Å². The van der Waals surface area contributed by atoms with Crippen LogP contribution in [-0.2, 0) is 11.3 Å². The Morgan fingerprint density at radius 1 is 1.50 bits per heavy atom. The minimum absolute atomic E-state index is 0.215. The van der Waals surface area contributed by atoms with Crippen LogP contribution in [-0.4, -0.2) is 22.1 Å². The number of nitrogens with one attached hydrogen (secondary N) is 1. The van der Waals surface area contributed by atoms with E-state index in [1.165, 1.54) is 12.8 Å². The van der Waals surface area contributed by atoms with Gasteiger partial charge in [-0.05, 0) is 12.8 Å². The van der Waals surface area contributed by atoms with Gasteiger partial charge in [-0.2, -0.15) is 0 Å². The summed E-state index contributed by atoms with van der Waals surface area (Å²) in [5, 5.41) is 0. The summed E-state index contributed by atoms with van der Waals surface area (Å²) in [6, 6.07) is 0.215. The fourth-order valence-corrected chi connectivity index (χ4v) is 1.89. The number of nitrogens with zero attached hydrogens (tertiary/aromatic N) is 1. The molecule has 3 N–H and O–H groups in total. The predicted octanol–water partition coefficient (Wildman–Crippen LogP) is 1.20. The van der Waals surface area contributed by atoms with Gasteiger partial charge in [-0.3, -0.25) is 0 Å². The number of H-pyrrole nitrogens is 1. The highest BCUT2D eigenvalue weighted by Gasteiger charge is 2.22. The van der Waals surface area contributed by atoms with Crippen LogP contribution < -0.4 is 5.73 Å². The minimum Gasteiger partial charge on any atom is -0.370 e. The molecule has 14 heavy (non-hydrogen) atoms. The number of hydrogen-bond donors (Lipinski definition) is 2. The van der Waals surface area contributed by atoms with Crippen LogP contribution >= 0.6 is 0 Å². The molecule has 0 aliphatic heterocycles. The highest BCUT2D eigenvalue weighted by Crippen LogP contribution is 2.20. The first-order valence-electron chi connectivity index (χ1n) is 5.20. The van der Waals surface area contributed by atoms with Crippen LogP contribution in [0, 0.1) is 0 Å². The number of hydrogen-bond acceptors (Lipinski definition) is 3. The SMILES string of the molecule is N[C@H]1CCCC[C@@H]1OCc1cnc[nH]1. The Hall–Kier alpha value is -0.870. The summed E-state index contributed by atoms with van der Waals surface area (Å²) in [5.41, 5.74) is 6.98. The fourth-order valence-electron chi connectivity index (χ4n) is 1.89. The first-order valence-corrected chi connectivity index (χ1v) is 5.20. The van der Waals surface area contributed by atoms with Gasteiger partial charge in [0, 0.05) is 6.04 Å². The van der Waals surface area contributed by atoms with Gasteiger partial charge in [0.1, 0.15) is 0 Å². The molecule has 1 aromatic rings. The molecule has 0 radical (unpaired) electrons. The van der Waals surface area contributed by atoms with E-state index in [-0.39, 0.29) is 12.1 Å². The topological polar surface area (TPSA) is 63.9 Å². The maximum absolute atomic E-state index is 5.97. The predicted molar refractivity (Wildman–Crippen MR) is 53.6 cm³/mol. The van der Waals surface area contributed by atoms with Crippen LogP contribution in [0.3, 0.4) is 0 Å². The molecule has 0 bridgehead atoms. The molecule has 0 spiro atoms. The molecular weight excluding hydrogens is 178 g/mol. The largest absolute Gasteiger partial charge is 0.370 e. The van der Waals surface area contributed by atoms with E-state index >= 15 is 0 Å². The molecule has 0 saturated heterocycles. The summed E-state index contributed by atoms with van der Waals surface area (Å²) in [6.45, 7) is 0.596. The van der Waals surface area contributed by atoms with Crippen LogP contribution in [0.25, 0.3) is 0 Å². The van der Waals surface area contributed by atoms with E-state index in [4.69, 9.17) is 10.5 Å². The number of nitrogens with two attached hydrogens (primary N) is 1. The second kappa shape index (κ2) is 4.57. The Morgan fingerprint density at radius 2 is 2.36 bits per heavy atom. The van der Waals surface area contributed by atoms with Gasteiger partial charge in [-0.1, -0.05) is 12.8 Å². The quantitative estimate of drug-likeness (QED) is 0.761. The second-order valence-electron chi connectivity index (χ2n) is 3.87. The molecule has 0 unspecified atom stereocenters. The Kier molecular flexibility index (Phi) is 3.16. The summed E-state index contributed by atoms with van der Waals surface area (Å²) in [7, 11) is 0. The van der Waals surface area contributed by atoms with E-state index in [2.05, 4.69) is 9.97 Å². The van der Waals surface area contributed by atoms with Crippen LogP contribution in [0.5, 0.6) is 0 Å². The number of rotatable bonds is 3. The number of aromatic nitrogens is 2. The third kappa shape index (κ3) is 2.33. The Labute approximate surface area is 83.9 Å². The lowest BCUT2D eigenvalue weighted by molar-refractivity contribution is 0.00271. The maximum Gasteiger partial charge on any atom is 0.0922 e. The molecule has 1 fully saturated rings. The number of ether oxygens (including phenoxy) is 1. The molecule has 4 nitrogen and oxygen atoms in total. The van der Waals surface area contributed by atoms with Gasteiger partial charge < -0.3 is 15.5 Å². The van der Waals surface area contributed by atoms with Crippen LogP contribution in [0.2, 0.25) is 0 Å². The lowest BCUT2D eigenvalue weighted by atomic mass is 9.93. The Balaban J connectivity index is 1.79. The third-order valence-corrected chi connectivity index (χ3v) is 2.76. The summed E-state index contributed by atoms with van der Waals surface area (Å²) < 4.78 is 5.74. The average Bonchev–Trinajstić information content (AvgIpc) is 2.69. The van der Waals surface area contributed by atoms with Crippen molar-refractivity contribution in [3.05, 3.63) is 18.2 Å². The Bertz CT molecular complexity index is 260. The highest BCUT2D eigenvalue weighted by atomic mass is 16.5. The Morgan fingerprint density at radius 3 is 3.07 bits per heavy atom. The maximum atomic E-state index is 5.97. The fraction of sp³-hybridized carbons (Fsp3) is 0.700. The molecule has 1 aliphatic rings. The van der Waals surface area contributed by atoms with Crippen molar-refractivity contribution in [1.82, 2.24) is 9.97 Å². The van der Waals surface area contributed by atoms with Gasteiger partial charge in [0.25, 0.3) is 0 Å². The van der Waals surface area contributed by atoms with Crippen molar-refractivity contribution in [1.29, 1.82) is 0 Å². The molecule has 4 heteroatoms. The first-order chi connectivity index (χ1) is 6.86. The standard InChI is InChI=1S/C10H17N3O/c11-9-3-1-2-4-10(9)14-6-8-5-12-7-13-8/h5,7,9-10H,1-4,6,11H2,(H,12,13)/t9-,10-/m0/s1. The third-order valence-electron chi connectivity index (χ3n) is 2.76. The zero-order valence-corrected chi connectivity index (χ0v) is 8.28. The van der Waals surface area contributed by atoms with Crippen LogP contribution in [0.4, 0.5) is 0 Å². The van der Waals surface area contributed by atoms with E-state index in [1.807, 2.05) is 0 Å². The molecule has 0 aromatic carbocycles. The molecule has 1 aliphatic carbocycles. The lowest BCUT2D eigenvalue weighted by Crippen LogP contribution is -2.39. The van der Waals surface area contributed by atoms with E-state index in [0.29, 0.717) is 6.61 Å². The van der Waals surface area contributed by atoms with Crippen molar-refractivity contribution < 1.29 is 4.74 Å². The molecule has 1 heterocycles. The van der Waals surface area contributed by atoms with Crippen molar-refractivity contribution >= 4 is 0 Å². The summed E-state index contributed by atoms with van der Waals surface area (Å²) in [4.78, 5) is 6.95. The molecule has 78 valence electrons. The van der Waals surface area contributed by atoms with E-state index in [9.17, 15) is 0 Å².